The molecule has 1 saturated carbocycles. The van der Waals surface area contributed by atoms with Crippen molar-refractivity contribution in [2.75, 3.05) is 24.7 Å². The summed E-state index contributed by atoms with van der Waals surface area (Å²) in [4.78, 5) is 2.37. The SMILES string of the molecule is CNS(=O)(=O)c1cc(N)ccc1N(C)C1CCCCCC1. The molecule has 0 atom stereocenters. The van der Waals surface area contributed by atoms with Crippen molar-refractivity contribution in [2.45, 2.75) is 49.5 Å². The van der Waals surface area contributed by atoms with Crippen LogP contribution in [0.25, 0.3) is 0 Å². The first-order valence-corrected chi connectivity index (χ1v) is 9.00. The van der Waals surface area contributed by atoms with Gasteiger partial charge in [-0.05, 0) is 38.1 Å². The molecule has 118 valence electrons. The molecule has 0 saturated heterocycles. The van der Waals surface area contributed by atoms with E-state index in [2.05, 4.69) is 9.62 Å². The smallest absolute Gasteiger partial charge is 0.242 e. The summed E-state index contributed by atoms with van der Waals surface area (Å²) >= 11 is 0. The quantitative estimate of drug-likeness (QED) is 0.661. The van der Waals surface area contributed by atoms with Gasteiger partial charge in [0.15, 0.2) is 0 Å². The molecule has 1 aromatic rings. The van der Waals surface area contributed by atoms with E-state index in [1.807, 2.05) is 13.1 Å². The lowest BCUT2D eigenvalue weighted by Crippen LogP contribution is -2.33. The number of hydrogen-bond acceptors (Lipinski definition) is 4. The van der Waals surface area contributed by atoms with Gasteiger partial charge in [-0.25, -0.2) is 13.1 Å². The predicted molar refractivity (Wildman–Crippen MR) is 87.0 cm³/mol. The van der Waals surface area contributed by atoms with Crippen LogP contribution >= 0.6 is 0 Å². The van der Waals surface area contributed by atoms with Crippen LogP contribution in [-0.2, 0) is 10.0 Å². The molecule has 0 spiro atoms. The molecule has 1 aliphatic rings. The molecule has 0 radical (unpaired) electrons. The molecule has 0 heterocycles. The van der Waals surface area contributed by atoms with E-state index in [4.69, 9.17) is 5.73 Å². The summed E-state index contributed by atoms with van der Waals surface area (Å²) in [6, 6.07) is 5.50. The summed E-state index contributed by atoms with van der Waals surface area (Å²) < 4.78 is 26.9. The molecule has 6 heteroatoms. The van der Waals surface area contributed by atoms with Gasteiger partial charge in [-0.2, -0.15) is 0 Å². The molecule has 0 amide bonds. The Morgan fingerprint density at radius 2 is 1.81 bits per heavy atom. The van der Waals surface area contributed by atoms with Crippen molar-refractivity contribution in [1.29, 1.82) is 0 Å². The highest BCUT2D eigenvalue weighted by molar-refractivity contribution is 7.89. The average Bonchev–Trinajstić information content (AvgIpc) is 2.75. The fourth-order valence-corrected chi connectivity index (χ4v) is 3.99. The lowest BCUT2D eigenvalue weighted by atomic mass is 10.1. The van der Waals surface area contributed by atoms with Crippen molar-refractivity contribution < 1.29 is 8.42 Å². The van der Waals surface area contributed by atoms with Crippen molar-refractivity contribution in [3.63, 3.8) is 0 Å². The molecule has 1 fully saturated rings. The highest BCUT2D eigenvalue weighted by Gasteiger charge is 2.24. The van der Waals surface area contributed by atoms with Gasteiger partial charge in [0, 0.05) is 18.8 Å². The largest absolute Gasteiger partial charge is 0.399 e. The summed E-state index contributed by atoms with van der Waals surface area (Å²) in [7, 11) is -0.109. The second kappa shape index (κ2) is 6.66. The molecule has 2 rings (SSSR count). The van der Waals surface area contributed by atoms with Crippen LogP contribution < -0.4 is 15.4 Å². The van der Waals surface area contributed by atoms with Gasteiger partial charge in [-0.15, -0.1) is 0 Å². The lowest BCUT2D eigenvalue weighted by Gasteiger charge is -2.31. The van der Waals surface area contributed by atoms with Gasteiger partial charge in [-0.3, -0.25) is 0 Å². The highest BCUT2D eigenvalue weighted by atomic mass is 32.2. The standard InChI is InChI=1S/C15H25N3O2S/c1-17-21(19,20)15-11-12(16)9-10-14(15)18(2)13-7-5-3-4-6-8-13/h9-11,13,17H,3-8,16H2,1-2H3. The summed E-state index contributed by atoms with van der Waals surface area (Å²) in [6.45, 7) is 0. The fraction of sp³-hybridized carbons (Fsp3) is 0.600. The number of rotatable bonds is 4. The van der Waals surface area contributed by atoms with Gasteiger partial charge in [0.1, 0.15) is 4.90 Å². The zero-order valence-electron chi connectivity index (χ0n) is 12.8. The minimum Gasteiger partial charge on any atom is -0.399 e. The predicted octanol–water partition coefficient (Wildman–Crippen LogP) is 2.34. The molecule has 0 aromatic heterocycles. The first-order chi connectivity index (χ1) is 9.95. The van der Waals surface area contributed by atoms with Gasteiger partial charge in [0.05, 0.1) is 5.69 Å². The number of sulfonamides is 1. The normalized spacial score (nSPS) is 17.4. The summed E-state index contributed by atoms with van der Waals surface area (Å²) in [5, 5.41) is 0. The van der Waals surface area contributed by atoms with E-state index in [1.54, 1.807) is 6.07 Å². The lowest BCUT2D eigenvalue weighted by molar-refractivity contribution is 0.548. The number of benzene rings is 1. The topological polar surface area (TPSA) is 75.4 Å². The Hall–Kier alpha value is -1.27. The Morgan fingerprint density at radius 3 is 2.38 bits per heavy atom. The van der Waals surface area contributed by atoms with Gasteiger partial charge in [0.25, 0.3) is 0 Å². The molecule has 0 aliphatic heterocycles. The minimum atomic E-state index is -3.52. The van der Waals surface area contributed by atoms with Crippen LogP contribution in [0.15, 0.2) is 23.1 Å². The first-order valence-electron chi connectivity index (χ1n) is 7.51. The maximum absolute atomic E-state index is 12.2. The molecule has 3 N–H and O–H groups in total. The molecule has 1 aromatic carbocycles. The zero-order valence-corrected chi connectivity index (χ0v) is 13.6. The highest BCUT2D eigenvalue weighted by Crippen LogP contribution is 2.31. The first kappa shape index (κ1) is 16.1. The molecule has 1 aliphatic carbocycles. The van der Waals surface area contributed by atoms with E-state index >= 15 is 0 Å². The summed E-state index contributed by atoms with van der Waals surface area (Å²) in [6.07, 6.45) is 7.18. The third-order valence-corrected chi connectivity index (χ3v) is 5.74. The molecule has 5 nitrogen and oxygen atoms in total. The van der Waals surface area contributed by atoms with Crippen molar-refractivity contribution >= 4 is 21.4 Å². The van der Waals surface area contributed by atoms with E-state index in [0.717, 1.165) is 18.5 Å². The summed E-state index contributed by atoms with van der Waals surface area (Å²) in [5.74, 6) is 0. The zero-order chi connectivity index (χ0) is 15.5. The van der Waals surface area contributed by atoms with E-state index in [1.165, 1.54) is 38.8 Å². The van der Waals surface area contributed by atoms with Crippen LogP contribution in [0.1, 0.15) is 38.5 Å². The van der Waals surface area contributed by atoms with Crippen LogP contribution in [0.3, 0.4) is 0 Å². The third-order valence-electron chi connectivity index (χ3n) is 4.29. The molecule has 0 bridgehead atoms. The Morgan fingerprint density at radius 1 is 1.19 bits per heavy atom. The van der Waals surface area contributed by atoms with E-state index in [9.17, 15) is 8.42 Å². The van der Waals surface area contributed by atoms with Crippen LogP contribution in [-0.4, -0.2) is 28.6 Å². The van der Waals surface area contributed by atoms with Crippen LogP contribution in [0.4, 0.5) is 11.4 Å². The Labute approximate surface area is 127 Å². The van der Waals surface area contributed by atoms with Crippen LogP contribution in [0.5, 0.6) is 0 Å². The third kappa shape index (κ3) is 3.68. The van der Waals surface area contributed by atoms with Crippen LogP contribution in [0.2, 0.25) is 0 Å². The number of nitrogens with one attached hydrogen (secondary N) is 1. The molecule has 21 heavy (non-hydrogen) atoms. The van der Waals surface area contributed by atoms with Crippen LogP contribution in [0, 0.1) is 0 Å². The fourth-order valence-electron chi connectivity index (χ4n) is 2.99. The number of nitrogen functional groups attached to an aromatic ring is 1. The van der Waals surface area contributed by atoms with Gasteiger partial charge >= 0.3 is 0 Å². The number of anilines is 2. The van der Waals surface area contributed by atoms with Crippen molar-refractivity contribution in [3.05, 3.63) is 18.2 Å². The van der Waals surface area contributed by atoms with E-state index in [0.29, 0.717) is 11.7 Å². The van der Waals surface area contributed by atoms with E-state index in [-0.39, 0.29) is 4.90 Å². The van der Waals surface area contributed by atoms with Gasteiger partial charge < -0.3 is 10.6 Å². The Kier molecular flexibility index (Phi) is 5.11. The minimum absolute atomic E-state index is 0.261. The van der Waals surface area contributed by atoms with Crippen molar-refractivity contribution in [2.24, 2.45) is 0 Å². The molecular formula is C15H25N3O2S. The summed E-state index contributed by atoms with van der Waals surface area (Å²) in [5.41, 5.74) is 6.96. The average molecular weight is 311 g/mol. The monoisotopic (exact) mass is 311 g/mol. The van der Waals surface area contributed by atoms with Gasteiger partial charge in [0.2, 0.25) is 10.0 Å². The molecular weight excluding hydrogens is 286 g/mol. The maximum Gasteiger partial charge on any atom is 0.242 e. The second-order valence-corrected chi connectivity index (χ2v) is 7.55. The Bertz CT molecular complexity index is 579. The maximum atomic E-state index is 12.2. The number of nitrogens with zero attached hydrogens (tertiary/aromatic N) is 1. The van der Waals surface area contributed by atoms with Crippen molar-refractivity contribution in [3.8, 4) is 0 Å². The number of hydrogen-bond donors (Lipinski definition) is 2. The second-order valence-electron chi connectivity index (χ2n) is 5.69. The van der Waals surface area contributed by atoms with Crippen molar-refractivity contribution in [1.82, 2.24) is 4.72 Å². The Balaban J connectivity index is 2.38. The molecule has 0 unspecified atom stereocenters. The van der Waals surface area contributed by atoms with E-state index < -0.39 is 10.0 Å². The number of nitrogens with two attached hydrogens (primary N) is 1. The van der Waals surface area contributed by atoms with Gasteiger partial charge in [-0.1, -0.05) is 25.7 Å².